The van der Waals surface area contributed by atoms with Gasteiger partial charge in [0.1, 0.15) is 11.6 Å². The van der Waals surface area contributed by atoms with Crippen LogP contribution in [0.1, 0.15) is 36.8 Å². The SMILES string of the molecule is CC(Cc1nc(N)c2c(n1)CCCC2)C(=O)O. The van der Waals surface area contributed by atoms with Crippen LogP contribution in [0.25, 0.3) is 0 Å². The number of carbonyl (C=O) groups is 1. The fraction of sp³-hybridized carbons (Fsp3) is 0.583. The molecule has 0 saturated carbocycles. The van der Waals surface area contributed by atoms with Crippen LogP contribution in [0.4, 0.5) is 5.82 Å². The van der Waals surface area contributed by atoms with Crippen molar-refractivity contribution in [1.29, 1.82) is 0 Å². The fourth-order valence-corrected chi connectivity index (χ4v) is 2.13. The van der Waals surface area contributed by atoms with Crippen LogP contribution in [-0.4, -0.2) is 21.0 Å². The summed E-state index contributed by atoms with van der Waals surface area (Å²) in [6.07, 6.45) is 4.46. The largest absolute Gasteiger partial charge is 0.481 e. The fourth-order valence-electron chi connectivity index (χ4n) is 2.13. The van der Waals surface area contributed by atoms with Crippen molar-refractivity contribution < 1.29 is 9.90 Å². The predicted molar refractivity (Wildman–Crippen MR) is 63.6 cm³/mol. The molecule has 1 aliphatic rings. The number of hydrogen-bond donors (Lipinski definition) is 2. The second-order valence-corrected chi connectivity index (χ2v) is 4.60. The predicted octanol–water partition coefficient (Wildman–Crippen LogP) is 1.20. The Kier molecular flexibility index (Phi) is 3.26. The molecule has 3 N–H and O–H groups in total. The summed E-state index contributed by atoms with van der Waals surface area (Å²) >= 11 is 0. The van der Waals surface area contributed by atoms with Crippen molar-refractivity contribution in [2.45, 2.75) is 39.0 Å². The Morgan fingerprint density at radius 3 is 2.82 bits per heavy atom. The molecule has 2 rings (SSSR count). The first kappa shape index (κ1) is 11.8. The molecule has 1 heterocycles. The highest BCUT2D eigenvalue weighted by atomic mass is 16.4. The highest BCUT2D eigenvalue weighted by Crippen LogP contribution is 2.24. The molecule has 1 aromatic heterocycles. The standard InChI is InChI=1S/C12H17N3O2/c1-7(12(16)17)6-10-14-9-5-3-2-4-8(9)11(13)15-10/h7H,2-6H2,1H3,(H,16,17)(H2,13,14,15). The smallest absolute Gasteiger partial charge is 0.306 e. The summed E-state index contributed by atoms with van der Waals surface area (Å²) in [6, 6.07) is 0. The van der Waals surface area contributed by atoms with Gasteiger partial charge < -0.3 is 10.8 Å². The van der Waals surface area contributed by atoms with E-state index < -0.39 is 11.9 Å². The maximum atomic E-state index is 10.8. The molecule has 0 amide bonds. The minimum atomic E-state index is -0.829. The number of hydrogen-bond acceptors (Lipinski definition) is 4. The normalized spacial score (nSPS) is 16.3. The van der Waals surface area contributed by atoms with Gasteiger partial charge in [-0.2, -0.15) is 0 Å². The molecule has 5 nitrogen and oxygen atoms in total. The highest BCUT2D eigenvalue weighted by molar-refractivity contribution is 5.69. The minimum absolute atomic E-state index is 0.340. The molecule has 0 aliphatic heterocycles. The molecular weight excluding hydrogens is 218 g/mol. The monoisotopic (exact) mass is 235 g/mol. The van der Waals surface area contributed by atoms with E-state index in [1.807, 2.05) is 0 Å². The zero-order valence-corrected chi connectivity index (χ0v) is 9.94. The van der Waals surface area contributed by atoms with Crippen molar-refractivity contribution in [1.82, 2.24) is 9.97 Å². The lowest BCUT2D eigenvalue weighted by Gasteiger charge is -2.17. The zero-order chi connectivity index (χ0) is 12.4. The molecule has 1 aliphatic carbocycles. The number of nitrogens with two attached hydrogens (primary N) is 1. The van der Waals surface area contributed by atoms with Gasteiger partial charge in [0.25, 0.3) is 0 Å². The van der Waals surface area contributed by atoms with Gasteiger partial charge >= 0.3 is 5.97 Å². The maximum Gasteiger partial charge on any atom is 0.306 e. The second kappa shape index (κ2) is 4.69. The number of aromatic nitrogens is 2. The summed E-state index contributed by atoms with van der Waals surface area (Å²) in [7, 11) is 0. The zero-order valence-electron chi connectivity index (χ0n) is 9.94. The number of nitrogen functional groups attached to an aromatic ring is 1. The van der Waals surface area contributed by atoms with E-state index in [9.17, 15) is 4.79 Å². The van der Waals surface area contributed by atoms with E-state index in [1.54, 1.807) is 6.92 Å². The van der Waals surface area contributed by atoms with Gasteiger partial charge in [-0.25, -0.2) is 9.97 Å². The van der Waals surface area contributed by atoms with Gasteiger partial charge in [-0.3, -0.25) is 4.79 Å². The van der Waals surface area contributed by atoms with Crippen LogP contribution in [0.15, 0.2) is 0 Å². The van der Waals surface area contributed by atoms with Gasteiger partial charge in [0.2, 0.25) is 0 Å². The average Bonchev–Trinajstić information content (AvgIpc) is 2.29. The van der Waals surface area contributed by atoms with Crippen LogP contribution < -0.4 is 5.73 Å². The Morgan fingerprint density at radius 1 is 1.41 bits per heavy atom. The Morgan fingerprint density at radius 2 is 2.12 bits per heavy atom. The summed E-state index contributed by atoms with van der Waals surface area (Å²) in [4.78, 5) is 19.4. The van der Waals surface area contributed by atoms with E-state index in [4.69, 9.17) is 10.8 Å². The molecule has 5 heteroatoms. The first-order valence-corrected chi connectivity index (χ1v) is 5.95. The summed E-state index contributed by atoms with van der Waals surface area (Å²) < 4.78 is 0. The molecule has 0 radical (unpaired) electrons. The number of carboxylic acids is 1. The second-order valence-electron chi connectivity index (χ2n) is 4.60. The van der Waals surface area contributed by atoms with Crippen molar-refractivity contribution in [3.8, 4) is 0 Å². The third-order valence-corrected chi connectivity index (χ3v) is 3.17. The molecule has 0 saturated heterocycles. The van der Waals surface area contributed by atoms with Crippen LogP contribution in [0, 0.1) is 5.92 Å². The number of rotatable bonds is 3. The molecule has 0 spiro atoms. The Bertz CT molecular complexity index is 446. The lowest BCUT2D eigenvalue weighted by Crippen LogP contribution is -2.18. The summed E-state index contributed by atoms with van der Waals surface area (Å²) in [6.45, 7) is 1.65. The van der Waals surface area contributed by atoms with Crippen molar-refractivity contribution in [3.05, 3.63) is 17.1 Å². The first-order valence-electron chi connectivity index (χ1n) is 5.95. The van der Waals surface area contributed by atoms with Crippen LogP contribution in [0.3, 0.4) is 0 Å². The van der Waals surface area contributed by atoms with Crippen LogP contribution >= 0.6 is 0 Å². The third-order valence-electron chi connectivity index (χ3n) is 3.17. The van der Waals surface area contributed by atoms with Crippen molar-refractivity contribution in [2.75, 3.05) is 5.73 Å². The number of carboxylic acid groups (broad SMARTS) is 1. The Hall–Kier alpha value is -1.65. The van der Waals surface area contributed by atoms with Crippen LogP contribution in [0.5, 0.6) is 0 Å². The Labute approximate surface area is 100 Å². The number of anilines is 1. The van der Waals surface area contributed by atoms with Gasteiger partial charge in [0.15, 0.2) is 0 Å². The quantitative estimate of drug-likeness (QED) is 0.821. The lowest BCUT2D eigenvalue weighted by molar-refractivity contribution is -0.141. The van der Waals surface area contributed by atoms with Gasteiger partial charge in [-0.05, 0) is 25.7 Å². The summed E-state index contributed by atoms with van der Waals surface area (Å²) in [5.74, 6) is -0.221. The third kappa shape index (κ3) is 2.54. The van der Waals surface area contributed by atoms with Crippen molar-refractivity contribution in [2.24, 2.45) is 5.92 Å². The summed E-state index contributed by atoms with van der Waals surface area (Å²) in [5, 5.41) is 8.86. The van der Waals surface area contributed by atoms with Crippen LogP contribution in [-0.2, 0) is 24.1 Å². The molecule has 0 fully saturated rings. The maximum absolute atomic E-state index is 10.8. The molecule has 17 heavy (non-hydrogen) atoms. The van der Waals surface area contributed by atoms with E-state index in [-0.39, 0.29) is 0 Å². The van der Waals surface area contributed by atoms with Gasteiger partial charge in [0.05, 0.1) is 5.92 Å². The van der Waals surface area contributed by atoms with E-state index in [2.05, 4.69) is 9.97 Å². The number of aliphatic carboxylic acids is 1. The molecular formula is C12H17N3O2. The molecule has 1 atom stereocenters. The van der Waals surface area contributed by atoms with Crippen molar-refractivity contribution >= 4 is 11.8 Å². The number of aryl methyl sites for hydroxylation is 1. The lowest BCUT2D eigenvalue weighted by atomic mass is 9.96. The van der Waals surface area contributed by atoms with E-state index >= 15 is 0 Å². The minimum Gasteiger partial charge on any atom is -0.481 e. The van der Waals surface area contributed by atoms with E-state index in [0.29, 0.717) is 18.1 Å². The Balaban J connectivity index is 2.25. The van der Waals surface area contributed by atoms with Gasteiger partial charge in [0, 0.05) is 17.7 Å². The number of nitrogens with zero attached hydrogens (tertiary/aromatic N) is 2. The van der Waals surface area contributed by atoms with E-state index in [0.717, 1.165) is 36.9 Å². The van der Waals surface area contributed by atoms with Gasteiger partial charge in [-0.15, -0.1) is 0 Å². The number of fused-ring (bicyclic) bond motifs is 1. The topological polar surface area (TPSA) is 89.1 Å². The highest BCUT2D eigenvalue weighted by Gasteiger charge is 2.19. The average molecular weight is 235 g/mol. The first-order chi connectivity index (χ1) is 8.08. The van der Waals surface area contributed by atoms with Crippen molar-refractivity contribution in [3.63, 3.8) is 0 Å². The summed E-state index contributed by atoms with van der Waals surface area (Å²) in [5.41, 5.74) is 7.96. The van der Waals surface area contributed by atoms with Crippen LogP contribution in [0.2, 0.25) is 0 Å². The molecule has 92 valence electrons. The molecule has 0 aromatic carbocycles. The van der Waals surface area contributed by atoms with E-state index in [1.165, 1.54) is 0 Å². The molecule has 1 aromatic rings. The molecule has 0 bridgehead atoms. The van der Waals surface area contributed by atoms with Gasteiger partial charge in [-0.1, -0.05) is 6.92 Å². The molecule has 1 unspecified atom stereocenters.